The lowest BCUT2D eigenvalue weighted by molar-refractivity contribution is -0.137. The molecule has 0 saturated heterocycles. The molecule has 0 fully saturated rings. The summed E-state index contributed by atoms with van der Waals surface area (Å²) in [6.07, 6.45) is -4.69. The summed E-state index contributed by atoms with van der Waals surface area (Å²) in [5, 5.41) is 12.7. The number of amides is 1. The van der Waals surface area contributed by atoms with Crippen molar-refractivity contribution < 1.29 is 22.4 Å². The number of hydrogen-bond acceptors (Lipinski definition) is 5. The van der Waals surface area contributed by atoms with E-state index in [1.807, 2.05) is 0 Å². The highest BCUT2D eigenvalue weighted by Crippen LogP contribution is 2.34. The molecule has 12 heteroatoms. The standard InChI is InChI=1S/C21H14F4N6O2/c1-11-26-19(29-28-11)12-8-13(21(23,24)25)10-15(9-12)27-20(33)17-6-7-18(32)31(30-17)16-4-2-14(22)3-5-16/h2-10H,1H3,(H,27,33)(H,26,28,29). The molecule has 2 heterocycles. The molecular formula is C21H14F4N6O2. The quantitative estimate of drug-likeness (QED) is 0.454. The first-order valence-electron chi connectivity index (χ1n) is 9.39. The van der Waals surface area contributed by atoms with Crippen molar-refractivity contribution in [2.75, 3.05) is 5.32 Å². The lowest BCUT2D eigenvalue weighted by atomic mass is 10.1. The van der Waals surface area contributed by atoms with Crippen molar-refractivity contribution >= 4 is 11.6 Å². The molecule has 0 atom stereocenters. The van der Waals surface area contributed by atoms with Gasteiger partial charge in [-0.05, 0) is 55.5 Å². The van der Waals surface area contributed by atoms with Crippen molar-refractivity contribution in [3.8, 4) is 17.1 Å². The maximum absolute atomic E-state index is 13.4. The fraction of sp³-hybridized carbons (Fsp3) is 0.0952. The Morgan fingerprint density at radius 2 is 1.79 bits per heavy atom. The Morgan fingerprint density at radius 3 is 2.42 bits per heavy atom. The number of rotatable bonds is 4. The zero-order chi connectivity index (χ0) is 23.8. The van der Waals surface area contributed by atoms with E-state index in [9.17, 15) is 27.2 Å². The SMILES string of the molecule is Cc1nc(-c2cc(NC(=O)c3ccc(=O)n(-c4ccc(F)cc4)n3)cc(C(F)(F)F)c2)n[nH]1. The van der Waals surface area contributed by atoms with Crippen molar-refractivity contribution in [2.24, 2.45) is 0 Å². The number of aryl methyl sites for hydroxylation is 1. The lowest BCUT2D eigenvalue weighted by Gasteiger charge is -2.12. The first-order chi connectivity index (χ1) is 15.6. The number of carbonyl (C=O) groups excluding carboxylic acids is 1. The van der Waals surface area contributed by atoms with Gasteiger partial charge in [-0.3, -0.25) is 14.7 Å². The minimum absolute atomic E-state index is 0.0251. The topological polar surface area (TPSA) is 106 Å². The summed E-state index contributed by atoms with van der Waals surface area (Å²) in [4.78, 5) is 28.9. The third kappa shape index (κ3) is 4.79. The normalized spacial score (nSPS) is 11.4. The Balaban J connectivity index is 1.69. The zero-order valence-electron chi connectivity index (χ0n) is 16.8. The summed E-state index contributed by atoms with van der Waals surface area (Å²) in [7, 11) is 0. The zero-order valence-corrected chi connectivity index (χ0v) is 16.8. The van der Waals surface area contributed by atoms with Crippen LogP contribution in [0.25, 0.3) is 17.1 Å². The summed E-state index contributed by atoms with van der Waals surface area (Å²) < 4.78 is 54.3. The van der Waals surface area contributed by atoms with Crippen molar-refractivity contribution in [1.29, 1.82) is 0 Å². The molecule has 2 N–H and O–H groups in total. The Labute approximate surface area is 182 Å². The van der Waals surface area contributed by atoms with Gasteiger partial charge in [0.25, 0.3) is 11.5 Å². The van der Waals surface area contributed by atoms with Gasteiger partial charge in [0.2, 0.25) is 0 Å². The molecule has 4 rings (SSSR count). The van der Waals surface area contributed by atoms with E-state index >= 15 is 0 Å². The number of alkyl halides is 3. The van der Waals surface area contributed by atoms with Crippen molar-refractivity contribution in [3.63, 3.8) is 0 Å². The Morgan fingerprint density at radius 1 is 1.06 bits per heavy atom. The minimum Gasteiger partial charge on any atom is -0.321 e. The molecule has 0 aliphatic carbocycles. The number of nitrogens with zero attached hydrogens (tertiary/aromatic N) is 4. The molecule has 1 amide bonds. The predicted octanol–water partition coefficient (Wildman–Crippen LogP) is 3.74. The average Bonchev–Trinajstić information content (AvgIpc) is 3.20. The Bertz CT molecular complexity index is 1390. The molecule has 0 unspecified atom stereocenters. The summed E-state index contributed by atoms with van der Waals surface area (Å²) in [6, 6.07) is 9.93. The number of nitrogens with one attached hydrogen (secondary N) is 2. The van der Waals surface area contributed by atoms with Gasteiger partial charge in [0.05, 0.1) is 11.3 Å². The van der Waals surface area contributed by atoms with Crippen LogP contribution in [-0.2, 0) is 6.18 Å². The van der Waals surface area contributed by atoms with Crippen LogP contribution in [0.3, 0.4) is 0 Å². The summed E-state index contributed by atoms with van der Waals surface area (Å²) in [5.74, 6) is -0.956. The van der Waals surface area contributed by atoms with Crippen molar-refractivity contribution in [1.82, 2.24) is 25.0 Å². The lowest BCUT2D eigenvalue weighted by Crippen LogP contribution is -2.25. The molecule has 4 aromatic rings. The van der Waals surface area contributed by atoms with Gasteiger partial charge >= 0.3 is 6.18 Å². The third-order valence-electron chi connectivity index (χ3n) is 4.48. The highest BCUT2D eigenvalue weighted by Gasteiger charge is 2.32. The minimum atomic E-state index is -4.69. The average molecular weight is 458 g/mol. The maximum atomic E-state index is 13.4. The second-order valence-corrected chi connectivity index (χ2v) is 6.94. The van der Waals surface area contributed by atoms with Crippen LogP contribution in [0.2, 0.25) is 0 Å². The van der Waals surface area contributed by atoms with Gasteiger partial charge in [-0.25, -0.2) is 9.37 Å². The molecule has 0 aliphatic rings. The van der Waals surface area contributed by atoms with E-state index in [0.29, 0.717) is 5.82 Å². The van der Waals surface area contributed by atoms with Crippen LogP contribution in [0, 0.1) is 12.7 Å². The fourth-order valence-corrected chi connectivity index (χ4v) is 2.96. The highest BCUT2D eigenvalue weighted by molar-refractivity contribution is 6.03. The number of H-pyrrole nitrogens is 1. The molecule has 0 radical (unpaired) electrons. The van der Waals surface area contributed by atoms with Gasteiger partial charge in [0.15, 0.2) is 5.82 Å². The molecule has 33 heavy (non-hydrogen) atoms. The molecule has 168 valence electrons. The summed E-state index contributed by atoms with van der Waals surface area (Å²) >= 11 is 0. The number of aromatic amines is 1. The number of anilines is 1. The van der Waals surface area contributed by atoms with Crippen LogP contribution in [0.4, 0.5) is 23.2 Å². The van der Waals surface area contributed by atoms with E-state index in [-0.39, 0.29) is 28.5 Å². The first-order valence-corrected chi connectivity index (χ1v) is 9.39. The van der Waals surface area contributed by atoms with Crippen LogP contribution in [0.5, 0.6) is 0 Å². The van der Waals surface area contributed by atoms with E-state index in [1.54, 1.807) is 6.92 Å². The molecule has 0 spiro atoms. The molecule has 2 aromatic heterocycles. The number of hydrogen-bond donors (Lipinski definition) is 2. The summed E-state index contributed by atoms with van der Waals surface area (Å²) in [5.41, 5.74) is -1.77. The summed E-state index contributed by atoms with van der Waals surface area (Å²) in [6.45, 7) is 1.59. The molecule has 8 nitrogen and oxygen atoms in total. The smallest absolute Gasteiger partial charge is 0.321 e. The van der Waals surface area contributed by atoms with Crippen LogP contribution >= 0.6 is 0 Å². The van der Waals surface area contributed by atoms with Gasteiger partial charge in [0, 0.05) is 17.3 Å². The molecule has 0 bridgehead atoms. The Kier molecular flexibility index (Phi) is 5.50. The largest absolute Gasteiger partial charge is 0.416 e. The van der Waals surface area contributed by atoms with E-state index in [0.717, 1.165) is 41.1 Å². The van der Waals surface area contributed by atoms with Gasteiger partial charge in [-0.15, -0.1) is 0 Å². The number of benzene rings is 2. The van der Waals surface area contributed by atoms with E-state index in [1.165, 1.54) is 18.2 Å². The number of aromatic nitrogens is 5. The van der Waals surface area contributed by atoms with E-state index in [4.69, 9.17) is 0 Å². The highest BCUT2D eigenvalue weighted by atomic mass is 19.4. The molecule has 0 saturated carbocycles. The molecule has 2 aromatic carbocycles. The van der Waals surface area contributed by atoms with Crippen molar-refractivity contribution in [2.45, 2.75) is 13.1 Å². The van der Waals surface area contributed by atoms with Crippen LogP contribution in [0.15, 0.2) is 59.4 Å². The third-order valence-corrected chi connectivity index (χ3v) is 4.48. The van der Waals surface area contributed by atoms with Gasteiger partial charge in [-0.2, -0.15) is 28.1 Å². The Hall–Kier alpha value is -4.35. The molecule has 0 aliphatic heterocycles. The monoisotopic (exact) mass is 458 g/mol. The maximum Gasteiger partial charge on any atom is 0.416 e. The van der Waals surface area contributed by atoms with Gasteiger partial charge in [-0.1, -0.05) is 0 Å². The van der Waals surface area contributed by atoms with Gasteiger partial charge < -0.3 is 5.32 Å². The van der Waals surface area contributed by atoms with Crippen LogP contribution in [0.1, 0.15) is 21.9 Å². The second kappa shape index (κ2) is 8.30. The van der Waals surface area contributed by atoms with E-state index in [2.05, 4.69) is 25.6 Å². The van der Waals surface area contributed by atoms with Crippen LogP contribution < -0.4 is 10.9 Å². The molecular weight excluding hydrogens is 444 g/mol. The van der Waals surface area contributed by atoms with E-state index < -0.39 is 29.0 Å². The number of carbonyl (C=O) groups is 1. The van der Waals surface area contributed by atoms with Crippen LogP contribution in [-0.4, -0.2) is 30.9 Å². The predicted molar refractivity (Wildman–Crippen MR) is 109 cm³/mol. The second-order valence-electron chi connectivity index (χ2n) is 6.94. The van der Waals surface area contributed by atoms with Gasteiger partial charge in [0.1, 0.15) is 17.3 Å². The fourth-order valence-electron chi connectivity index (χ4n) is 2.96. The first kappa shape index (κ1) is 21.9. The number of halogens is 4. The van der Waals surface area contributed by atoms with Crippen molar-refractivity contribution in [3.05, 3.63) is 87.9 Å².